The lowest BCUT2D eigenvalue weighted by Gasteiger charge is -2.12. The van der Waals surface area contributed by atoms with E-state index in [1.165, 1.54) is 6.92 Å². The fourth-order valence-electron chi connectivity index (χ4n) is 1.16. The first-order valence-electron chi connectivity index (χ1n) is 3.95. The molecule has 0 aromatic carbocycles. The van der Waals surface area contributed by atoms with Crippen molar-refractivity contribution in [1.82, 2.24) is 9.97 Å². The van der Waals surface area contributed by atoms with Gasteiger partial charge in [-0.15, -0.1) is 0 Å². The molecule has 82 valence electrons. The molecule has 0 radical (unpaired) electrons. The fraction of sp³-hybridized carbons (Fsp3) is 0.375. The highest BCUT2D eigenvalue weighted by atomic mass is 35.6. The van der Waals surface area contributed by atoms with Crippen molar-refractivity contribution in [2.24, 2.45) is 0 Å². The second kappa shape index (κ2) is 4.12. The zero-order chi connectivity index (χ0) is 11.8. The zero-order valence-electron chi connectivity index (χ0n) is 8.01. The molecule has 2 N–H and O–H groups in total. The number of alkyl halides is 3. The number of carbonyl (C=O) groups is 1. The number of rotatable bonds is 1. The van der Waals surface area contributed by atoms with E-state index in [0.29, 0.717) is 5.69 Å². The van der Waals surface area contributed by atoms with Crippen LogP contribution in [0.4, 0.5) is 5.82 Å². The lowest BCUT2D eigenvalue weighted by atomic mass is 10.1. The minimum atomic E-state index is -1.74. The molecule has 7 heteroatoms. The van der Waals surface area contributed by atoms with Crippen LogP contribution in [-0.4, -0.2) is 15.8 Å². The van der Waals surface area contributed by atoms with Crippen molar-refractivity contribution in [3.05, 3.63) is 17.1 Å². The lowest BCUT2D eigenvalue weighted by molar-refractivity contribution is 0.101. The van der Waals surface area contributed by atoms with E-state index >= 15 is 0 Å². The molecular weight excluding hydrogens is 260 g/mol. The number of anilines is 1. The van der Waals surface area contributed by atoms with Gasteiger partial charge in [0, 0.05) is 0 Å². The molecule has 0 bridgehead atoms. The Hall–Kier alpha value is -0.580. The monoisotopic (exact) mass is 267 g/mol. The maximum atomic E-state index is 11.2. The van der Waals surface area contributed by atoms with Gasteiger partial charge in [0.25, 0.3) is 0 Å². The third-order valence-electron chi connectivity index (χ3n) is 1.72. The van der Waals surface area contributed by atoms with Crippen molar-refractivity contribution in [2.75, 3.05) is 5.73 Å². The number of nitrogens with two attached hydrogens (primary N) is 1. The molecular formula is C8H8Cl3N3O. The van der Waals surface area contributed by atoms with Crippen LogP contribution in [0.25, 0.3) is 0 Å². The van der Waals surface area contributed by atoms with E-state index in [-0.39, 0.29) is 23.0 Å². The number of nitrogens with zero attached hydrogens (tertiary/aromatic N) is 2. The SMILES string of the molecule is CC(=O)c1c(C)nc(C(Cl)(Cl)Cl)nc1N. The van der Waals surface area contributed by atoms with Crippen molar-refractivity contribution >= 4 is 46.4 Å². The summed E-state index contributed by atoms with van der Waals surface area (Å²) < 4.78 is -1.74. The van der Waals surface area contributed by atoms with Gasteiger partial charge >= 0.3 is 0 Å². The summed E-state index contributed by atoms with van der Waals surface area (Å²) >= 11 is 16.8. The normalized spacial score (nSPS) is 11.5. The summed E-state index contributed by atoms with van der Waals surface area (Å²) in [6, 6.07) is 0. The Kier molecular flexibility index (Phi) is 3.43. The Bertz CT molecular complexity index is 391. The minimum Gasteiger partial charge on any atom is -0.383 e. The van der Waals surface area contributed by atoms with Crippen LogP contribution in [0, 0.1) is 6.92 Å². The van der Waals surface area contributed by atoms with E-state index in [1.807, 2.05) is 0 Å². The van der Waals surface area contributed by atoms with Gasteiger partial charge in [-0.3, -0.25) is 4.79 Å². The molecule has 0 aliphatic rings. The van der Waals surface area contributed by atoms with Crippen LogP contribution in [0.5, 0.6) is 0 Å². The topological polar surface area (TPSA) is 68.9 Å². The highest BCUT2D eigenvalue weighted by molar-refractivity contribution is 6.66. The van der Waals surface area contributed by atoms with Gasteiger partial charge in [0.15, 0.2) is 11.6 Å². The first kappa shape index (κ1) is 12.5. The number of hydrogen-bond donors (Lipinski definition) is 1. The number of ketones is 1. The number of hydrogen-bond acceptors (Lipinski definition) is 4. The van der Waals surface area contributed by atoms with Gasteiger partial charge in [-0.1, -0.05) is 34.8 Å². The summed E-state index contributed by atoms with van der Waals surface area (Å²) in [6.07, 6.45) is 0. The number of aryl methyl sites for hydroxylation is 1. The first-order valence-corrected chi connectivity index (χ1v) is 5.09. The molecule has 1 aromatic rings. The highest BCUT2D eigenvalue weighted by Gasteiger charge is 2.28. The predicted molar refractivity (Wildman–Crippen MR) is 60.4 cm³/mol. The van der Waals surface area contributed by atoms with E-state index in [0.717, 1.165) is 0 Å². The van der Waals surface area contributed by atoms with Crippen LogP contribution in [0.3, 0.4) is 0 Å². The second-order valence-corrected chi connectivity index (χ2v) is 5.23. The average molecular weight is 269 g/mol. The van der Waals surface area contributed by atoms with Gasteiger partial charge in [-0.25, -0.2) is 9.97 Å². The molecule has 15 heavy (non-hydrogen) atoms. The molecule has 0 saturated carbocycles. The van der Waals surface area contributed by atoms with E-state index < -0.39 is 3.79 Å². The summed E-state index contributed by atoms with van der Waals surface area (Å²) in [5, 5.41) is 0. The molecule has 0 saturated heterocycles. The lowest BCUT2D eigenvalue weighted by Crippen LogP contribution is -2.15. The first-order chi connectivity index (χ1) is 6.73. The summed E-state index contributed by atoms with van der Waals surface area (Å²) in [4.78, 5) is 18.9. The maximum Gasteiger partial charge on any atom is 0.250 e. The Labute approximate surface area is 102 Å². The van der Waals surface area contributed by atoms with E-state index in [1.54, 1.807) is 6.92 Å². The number of nitrogen functional groups attached to an aromatic ring is 1. The molecule has 0 aliphatic carbocycles. The maximum absolute atomic E-state index is 11.2. The molecule has 0 unspecified atom stereocenters. The molecule has 0 aliphatic heterocycles. The van der Waals surface area contributed by atoms with Crippen LogP contribution in [-0.2, 0) is 3.79 Å². The van der Waals surface area contributed by atoms with Gasteiger partial charge in [0.2, 0.25) is 3.79 Å². The van der Waals surface area contributed by atoms with E-state index in [4.69, 9.17) is 40.5 Å². The Morgan fingerprint density at radius 2 is 1.87 bits per heavy atom. The van der Waals surface area contributed by atoms with Gasteiger partial charge < -0.3 is 5.73 Å². The smallest absolute Gasteiger partial charge is 0.250 e. The van der Waals surface area contributed by atoms with Gasteiger partial charge in [0.1, 0.15) is 5.82 Å². The summed E-state index contributed by atoms with van der Waals surface area (Å²) in [5.74, 6) is -0.232. The zero-order valence-corrected chi connectivity index (χ0v) is 10.3. The Morgan fingerprint density at radius 1 is 1.33 bits per heavy atom. The summed E-state index contributed by atoms with van der Waals surface area (Å²) in [6.45, 7) is 2.98. The predicted octanol–water partition coefficient (Wildman–Crippen LogP) is 2.40. The third kappa shape index (κ3) is 2.71. The number of halogens is 3. The fourth-order valence-corrected chi connectivity index (χ4v) is 1.41. The van der Waals surface area contributed by atoms with Crippen molar-refractivity contribution < 1.29 is 4.79 Å². The van der Waals surface area contributed by atoms with Gasteiger partial charge in [-0.05, 0) is 13.8 Å². The van der Waals surface area contributed by atoms with Crippen molar-refractivity contribution in [3.8, 4) is 0 Å². The molecule has 0 fully saturated rings. The molecule has 0 atom stereocenters. The number of carbonyl (C=O) groups excluding carboxylic acids is 1. The summed E-state index contributed by atoms with van der Waals surface area (Å²) in [5.41, 5.74) is 6.23. The quantitative estimate of drug-likeness (QED) is 0.627. The molecule has 1 aromatic heterocycles. The summed E-state index contributed by atoms with van der Waals surface area (Å²) in [7, 11) is 0. The van der Waals surface area contributed by atoms with Crippen molar-refractivity contribution in [3.63, 3.8) is 0 Å². The van der Waals surface area contributed by atoms with Crippen LogP contribution in [0.1, 0.15) is 28.8 Å². The van der Waals surface area contributed by atoms with Gasteiger partial charge in [-0.2, -0.15) is 0 Å². The van der Waals surface area contributed by atoms with Crippen LogP contribution >= 0.6 is 34.8 Å². The second-order valence-electron chi connectivity index (χ2n) is 2.95. The van der Waals surface area contributed by atoms with Crippen molar-refractivity contribution in [2.45, 2.75) is 17.6 Å². The highest BCUT2D eigenvalue weighted by Crippen LogP contribution is 2.36. The van der Waals surface area contributed by atoms with Crippen LogP contribution < -0.4 is 5.73 Å². The standard InChI is InChI=1S/C8H8Cl3N3O/c1-3-5(4(2)15)6(12)14-7(13-3)8(9,10)11/h1-2H3,(H2,12,13,14). The molecule has 4 nitrogen and oxygen atoms in total. The van der Waals surface area contributed by atoms with Crippen LogP contribution in [0.2, 0.25) is 0 Å². The van der Waals surface area contributed by atoms with Crippen molar-refractivity contribution in [1.29, 1.82) is 0 Å². The molecule has 0 spiro atoms. The van der Waals surface area contributed by atoms with E-state index in [9.17, 15) is 4.79 Å². The van der Waals surface area contributed by atoms with E-state index in [2.05, 4.69) is 9.97 Å². The van der Waals surface area contributed by atoms with Gasteiger partial charge in [0.05, 0.1) is 11.3 Å². The number of Topliss-reactive ketones (excluding diaryl/α,β-unsaturated/α-hetero) is 1. The molecule has 1 rings (SSSR count). The number of aromatic nitrogens is 2. The Balaban J connectivity index is 3.39. The molecule has 1 heterocycles. The average Bonchev–Trinajstić information content (AvgIpc) is 1.99. The largest absolute Gasteiger partial charge is 0.383 e. The third-order valence-corrected chi connectivity index (χ3v) is 2.23. The molecule has 0 amide bonds. The van der Waals surface area contributed by atoms with Crippen LogP contribution in [0.15, 0.2) is 0 Å². The Morgan fingerprint density at radius 3 is 2.20 bits per heavy atom. The minimum absolute atomic E-state index is 0.0244.